The van der Waals surface area contributed by atoms with Crippen LogP contribution in [0.1, 0.15) is 18.0 Å². The molecule has 0 saturated carbocycles. The van der Waals surface area contributed by atoms with Gasteiger partial charge in [0.1, 0.15) is 6.61 Å². The first-order chi connectivity index (χ1) is 10.7. The fraction of sp³-hybridized carbons (Fsp3) is 0.286. The summed E-state index contributed by atoms with van der Waals surface area (Å²) >= 11 is 0. The molecule has 0 fully saturated rings. The molecule has 0 radical (unpaired) electrons. The first-order valence-corrected chi connectivity index (χ1v) is 6.77. The maximum Gasteiger partial charge on any atom is 0.252 e. The van der Waals surface area contributed by atoms with E-state index in [1.807, 2.05) is 30.3 Å². The number of nitrogens with one attached hydrogen (secondary N) is 2. The molecule has 1 aromatic heterocycles. The molecule has 0 saturated heterocycles. The molecule has 3 rings (SSSR count). The Bertz CT molecular complexity index is 698. The Kier molecular flexibility index (Phi) is 3.84. The third kappa shape index (κ3) is 2.82. The van der Waals surface area contributed by atoms with Crippen LogP contribution in [0.2, 0.25) is 0 Å². The molecule has 1 aliphatic heterocycles. The third-order valence-electron chi connectivity index (χ3n) is 3.27. The van der Waals surface area contributed by atoms with Crippen molar-refractivity contribution < 1.29 is 14.3 Å². The number of benzene rings is 1. The number of aromatic nitrogens is 3. The van der Waals surface area contributed by atoms with Crippen molar-refractivity contribution >= 4 is 23.7 Å². The van der Waals surface area contributed by atoms with Crippen LogP contribution in [0.25, 0.3) is 0 Å². The zero-order valence-corrected chi connectivity index (χ0v) is 11.9. The van der Waals surface area contributed by atoms with Crippen molar-refractivity contribution in [1.82, 2.24) is 14.8 Å². The second-order valence-corrected chi connectivity index (χ2v) is 4.86. The summed E-state index contributed by atoms with van der Waals surface area (Å²) in [4.78, 5) is 27.5. The minimum absolute atomic E-state index is 0.0850. The number of anilines is 2. The number of carbonyl (C=O) groups excluding carboxylic acids is 2. The molecule has 114 valence electrons. The molecule has 1 aromatic carbocycles. The number of nitrogens with zero attached hydrogens (tertiary/aromatic N) is 3. The lowest BCUT2D eigenvalue weighted by atomic mass is 10.0. The summed E-state index contributed by atoms with van der Waals surface area (Å²) in [6.45, 7) is -0.0850. The highest BCUT2D eigenvalue weighted by molar-refractivity contribution is 5.92. The number of fused-ring (bicyclic) bond motifs is 1. The van der Waals surface area contributed by atoms with E-state index in [1.54, 1.807) is 4.68 Å². The van der Waals surface area contributed by atoms with E-state index in [2.05, 4.69) is 20.7 Å². The van der Waals surface area contributed by atoms with Gasteiger partial charge in [0.05, 0.1) is 12.5 Å². The molecular weight excluding hydrogens is 286 g/mol. The van der Waals surface area contributed by atoms with Crippen LogP contribution in [0.5, 0.6) is 0 Å². The number of hydrogen-bond donors (Lipinski definition) is 2. The van der Waals surface area contributed by atoms with Gasteiger partial charge in [-0.3, -0.25) is 20.2 Å². The zero-order chi connectivity index (χ0) is 15.5. The highest BCUT2D eigenvalue weighted by Gasteiger charge is 2.29. The van der Waals surface area contributed by atoms with Crippen LogP contribution >= 0.6 is 0 Å². The Labute approximate surface area is 126 Å². The van der Waals surface area contributed by atoms with Crippen LogP contribution in [0.15, 0.2) is 30.3 Å². The fourth-order valence-electron chi connectivity index (χ4n) is 2.34. The number of carbonyl (C=O) groups is 2. The minimum Gasteiger partial charge on any atom is -0.375 e. The summed E-state index contributed by atoms with van der Waals surface area (Å²) in [5.41, 5.74) is 0.957. The van der Waals surface area contributed by atoms with Crippen molar-refractivity contribution in [3.63, 3.8) is 0 Å². The van der Waals surface area contributed by atoms with Gasteiger partial charge in [0.15, 0.2) is 0 Å². The number of methoxy groups -OCH3 is 1. The molecule has 1 atom stereocenters. The lowest BCUT2D eigenvalue weighted by Crippen LogP contribution is -2.29. The average Bonchev–Trinajstić information content (AvgIpc) is 2.89. The van der Waals surface area contributed by atoms with Crippen molar-refractivity contribution in [2.24, 2.45) is 0 Å². The minimum atomic E-state index is -0.354. The Hall–Kier alpha value is -2.74. The first-order valence-electron chi connectivity index (χ1n) is 6.77. The van der Waals surface area contributed by atoms with Crippen LogP contribution < -0.4 is 10.6 Å². The maximum atomic E-state index is 11.8. The van der Waals surface area contributed by atoms with E-state index >= 15 is 0 Å². The summed E-state index contributed by atoms with van der Waals surface area (Å²) in [5, 5.41) is 9.45. The summed E-state index contributed by atoms with van der Waals surface area (Å²) < 4.78 is 6.35. The van der Waals surface area contributed by atoms with E-state index in [1.165, 1.54) is 7.11 Å². The summed E-state index contributed by atoms with van der Waals surface area (Å²) in [7, 11) is 1.43. The average molecular weight is 301 g/mol. The van der Waals surface area contributed by atoms with Gasteiger partial charge in [-0.1, -0.05) is 30.3 Å². The molecule has 0 aliphatic carbocycles. The predicted octanol–water partition coefficient (Wildman–Crippen LogP) is 0.795. The van der Waals surface area contributed by atoms with Crippen LogP contribution in [0.3, 0.4) is 0 Å². The summed E-state index contributed by atoms with van der Waals surface area (Å²) in [6, 6.07) is 9.32. The Balaban J connectivity index is 1.90. The summed E-state index contributed by atoms with van der Waals surface area (Å²) in [5.74, 6) is -0.0328. The predicted molar refractivity (Wildman–Crippen MR) is 78.4 cm³/mol. The molecule has 2 aromatic rings. The highest BCUT2D eigenvalue weighted by Crippen LogP contribution is 2.29. The van der Waals surface area contributed by atoms with Gasteiger partial charge in [0.2, 0.25) is 11.9 Å². The molecule has 0 spiro atoms. The smallest absolute Gasteiger partial charge is 0.252 e. The van der Waals surface area contributed by atoms with E-state index in [9.17, 15) is 9.59 Å². The lowest BCUT2D eigenvalue weighted by Gasteiger charge is -2.23. The van der Waals surface area contributed by atoms with Crippen molar-refractivity contribution in [3.8, 4) is 0 Å². The second-order valence-electron chi connectivity index (χ2n) is 4.86. The third-order valence-corrected chi connectivity index (χ3v) is 3.27. The van der Waals surface area contributed by atoms with Crippen LogP contribution in [0.4, 0.5) is 11.9 Å². The van der Waals surface area contributed by atoms with Gasteiger partial charge in [-0.15, -0.1) is 5.10 Å². The molecule has 2 heterocycles. The molecule has 1 aliphatic rings. The van der Waals surface area contributed by atoms with Gasteiger partial charge in [-0.25, -0.2) is 4.68 Å². The van der Waals surface area contributed by atoms with Crippen LogP contribution in [-0.2, 0) is 14.3 Å². The van der Waals surface area contributed by atoms with E-state index < -0.39 is 0 Å². The number of ether oxygens (including phenoxy) is 1. The Morgan fingerprint density at radius 3 is 2.95 bits per heavy atom. The fourth-order valence-corrected chi connectivity index (χ4v) is 2.34. The van der Waals surface area contributed by atoms with E-state index in [4.69, 9.17) is 4.74 Å². The highest BCUT2D eigenvalue weighted by atomic mass is 16.5. The van der Waals surface area contributed by atoms with Gasteiger partial charge in [0.25, 0.3) is 11.9 Å². The number of amides is 2. The van der Waals surface area contributed by atoms with Gasteiger partial charge < -0.3 is 4.74 Å². The molecule has 8 heteroatoms. The van der Waals surface area contributed by atoms with Crippen molar-refractivity contribution in [2.45, 2.75) is 12.5 Å². The van der Waals surface area contributed by atoms with Crippen molar-refractivity contribution in [2.75, 3.05) is 24.4 Å². The summed E-state index contributed by atoms with van der Waals surface area (Å²) in [6.07, 6.45) is 0.270. The Morgan fingerprint density at radius 2 is 2.23 bits per heavy atom. The monoisotopic (exact) mass is 301 g/mol. The normalized spacial score (nSPS) is 16.8. The first kappa shape index (κ1) is 14.2. The van der Waals surface area contributed by atoms with Crippen LogP contribution in [-0.4, -0.2) is 40.3 Å². The quantitative estimate of drug-likeness (QED) is 0.870. The van der Waals surface area contributed by atoms with E-state index in [0.29, 0.717) is 5.95 Å². The van der Waals surface area contributed by atoms with E-state index in [0.717, 1.165) is 5.56 Å². The lowest BCUT2D eigenvalue weighted by molar-refractivity contribution is -0.120. The van der Waals surface area contributed by atoms with E-state index in [-0.39, 0.29) is 36.8 Å². The van der Waals surface area contributed by atoms with Gasteiger partial charge in [-0.05, 0) is 5.56 Å². The topological polar surface area (TPSA) is 98.1 Å². The van der Waals surface area contributed by atoms with Crippen molar-refractivity contribution in [3.05, 3.63) is 35.9 Å². The van der Waals surface area contributed by atoms with Crippen molar-refractivity contribution in [1.29, 1.82) is 0 Å². The van der Waals surface area contributed by atoms with Crippen LogP contribution in [0, 0.1) is 0 Å². The molecule has 0 bridgehead atoms. The molecular formula is C14H15N5O3. The molecule has 2 N–H and O–H groups in total. The van der Waals surface area contributed by atoms with Gasteiger partial charge in [-0.2, -0.15) is 4.98 Å². The molecule has 22 heavy (non-hydrogen) atoms. The second kappa shape index (κ2) is 5.94. The molecule has 2 amide bonds. The molecule has 8 nitrogen and oxygen atoms in total. The van der Waals surface area contributed by atoms with Gasteiger partial charge in [0, 0.05) is 7.11 Å². The molecule has 0 unspecified atom stereocenters. The maximum absolute atomic E-state index is 11.8. The standard InChI is InChI=1S/C14H15N5O3/c1-22-8-12(21)15-13-17-14-16-11(20)7-10(19(14)18-13)9-5-3-2-4-6-9/h2-6,10H,7-8H2,1H3,(H2,15,16,17,18,20,21)/t10-/m0/s1. The van der Waals surface area contributed by atoms with Gasteiger partial charge >= 0.3 is 0 Å². The largest absolute Gasteiger partial charge is 0.375 e. The zero-order valence-electron chi connectivity index (χ0n) is 11.9. The number of hydrogen-bond acceptors (Lipinski definition) is 5. The number of rotatable bonds is 4. The SMILES string of the molecule is COCC(=O)Nc1nc2n(n1)[C@H](c1ccccc1)CC(=O)N2. The Morgan fingerprint density at radius 1 is 1.45 bits per heavy atom.